The number of nitrogens with zero attached hydrogens (tertiary/aromatic N) is 3. The summed E-state index contributed by atoms with van der Waals surface area (Å²) in [6.45, 7) is 4.21. The number of aliphatic carboxylic acids is 1. The zero-order chi connectivity index (χ0) is 23.5. The van der Waals surface area contributed by atoms with Gasteiger partial charge in [0.15, 0.2) is 5.78 Å². The molecule has 2 fully saturated rings. The molecule has 0 aromatic heterocycles. The van der Waals surface area contributed by atoms with Crippen LogP contribution in [0.5, 0.6) is 0 Å². The molecular formula is C17H16N4O9S. The quantitative estimate of drug-likeness (QED) is 0.269. The predicted octanol–water partition coefficient (Wildman–Crippen LogP) is 0.707. The lowest BCUT2D eigenvalue weighted by Crippen LogP contribution is -2.82. The van der Waals surface area contributed by atoms with Crippen LogP contribution >= 0.6 is 11.8 Å². The van der Waals surface area contributed by atoms with Crippen LogP contribution in [0, 0.1) is 20.2 Å². The average Bonchev–Trinajstić information content (AvgIpc) is 2.93. The van der Waals surface area contributed by atoms with Gasteiger partial charge in [-0.2, -0.15) is 0 Å². The van der Waals surface area contributed by atoms with Crippen LogP contribution in [0.1, 0.15) is 31.1 Å². The lowest BCUT2D eigenvalue weighted by molar-refractivity contribution is -0.394. The van der Waals surface area contributed by atoms with Crippen molar-refractivity contribution in [3.05, 3.63) is 44.0 Å². The van der Waals surface area contributed by atoms with Crippen molar-refractivity contribution in [1.82, 2.24) is 10.2 Å². The van der Waals surface area contributed by atoms with E-state index in [0.717, 1.165) is 35.7 Å². The van der Waals surface area contributed by atoms with Gasteiger partial charge in [-0.3, -0.25) is 34.6 Å². The molecule has 13 nitrogen and oxygen atoms in total. The smallest absolute Gasteiger partial charge is 0.327 e. The Hall–Kier alpha value is -3.55. The normalized spacial score (nSPS) is 25.9. The van der Waals surface area contributed by atoms with Crippen molar-refractivity contribution in [1.29, 1.82) is 0 Å². The number of rotatable bonds is 6. The lowest BCUT2D eigenvalue weighted by Gasteiger charge is -2.51. The predicted molar refractivity (Wildman–Crippen MR) is 104 cm³/mol. The highest BCUT2D eigenvalue weighted by molar-refractivity contribution is 8.01. The van der Waals surface area contributed by atoms with Crippen LogP contribution in [-0.2, 0) is 14.4 Å². The molecule has 3 rings (SSSR count). The zero-order valence-corrected chi connectivity index (χ0v) is 17.2. The molecule has 1 aromatic rings. The number of β-lactam (4-membered cyclic amide) rings is 1. The molecular weight excluding hydrogens is 436 g/mol. The fraction of sp³-hybridized carbons (Fsp3) is 0.412. The molecule has 2 saturated heterocycles. The zero-order valence-electron chi connectivity index (χ0n) is 16.3. The number of benzene rings is 1. The third kappa shape index (κ3) is 3.19. The number of nitrogens with one attached hydrogen (secondary N) is 1. The molecule has 1 aromatic carbocycles. The van der Waals surface area contributed by atoms with Crippen molar-refractivity contribution in [3.63, 3.8) is 0 Å². The van der Waals surface area contributed by atoms with Gasteiger partial charge in [0, 0.05) is 16.9 Å². The van der Waals surface area contributed by atoms with Gasteiger partial charge in [-0.15, -0.1) is 11.8 Å². The molecule has 0 aliphatic carbocycles. The van der Waals surface area contributed by atoms with Gasteiger partial charge in [0.2, 0.25) is 5.54 Å². The number of Topliss-reactive ketones (excluding diaryl/α,β-unsaturated/α-hetero) is 1. The molecule has 164 valence electrons. The highest BCUT2D eigenvalue weighted by Crippen LogP contribution is 2.55. The second kappa shape index (κ2) is 7.01. The van der Waals surface area contributed by atoms with E-state index in [2.05, 4.69) is 5.32 Å². The van der Waals surface area contributed by atoms with Gasteiger partial charge in [0.05, 0.1) is 21.5 Å². The Bertz CT molecular complexity index is 1040. The lowest BCUT2D eigenvalue weighted by atomic mass is 9.81. The molecule has 2 aliphatic rings. The standard InChI is InChI=1S/C17H16N4O9S/c1-7(22)17(14(26)19-11(13(24)25)16(2,3)31-15(17)19)18-12(23)8-4-9(20(27)28)6-10(5-8)21(29)30/h4-6,11,15H,1-3H3,(H,18,23)(H,24,25)/t11-,15+,17?/m0/s1. The summed E-state index contributed by atoms with van der Waals surface area (Å²) in [4.78, 5) is 71.2. The third-order valence-corrected chi connectivity index (χ3v) is 6.87. The topological polar surface area (TPSA) is 190 Å². The van der Waals surface area contributed by atoms with Crippen LogP contribution in [0.25, 0.3) is 0 Å². The summed E-state index contributed by atoms with van der Waals surface area (Å²) < 4.78 is -0.974. The molecule has 2 aliphatic heterocycles. The van der Waals surface area contributed by atoms with Crippen molar-refractivity contribution in [2.24, 2.45) is 0 Å². The Kier molecular flexibility index (Phi) is 5.00. The van der Waals surface area contributed by atoms with Gasteiger partial charge in [-0.1, -0.05) is 0 Å². The van der Waals surface area contributed by atoms with E-state index in [-0.39, 0.29) is 0 Å². The molecule has 14 heteroatoms. The Morgan fingerprint density at radius 2 is 1.65 bits per heavy atom. The molecule has 2 N–H and O–H groups in total. The summed E-state index contributed by atoms with van der Waals surface area (Å²) >= 11 is 1.02. The number of hydrogen-bond acceptors (Lipinski definition) is 9. The van der Waals surface area contributed by atoms with E-state index in [1.165, 1.54) is 0 Å². The molecule has 3 atom stereocenters. The fourth-order valence-corrected chi connectivity index (χ4v) is 5.53. The fourth-order valence-electron chi connectivity index (χ4n) is 3.78. The number of carboxylic acid groups (broad SMARTS) is 1. The van der Waals surface area contributed by atoms with Crippen LogP contribution in [0.2, 0.25) is 0 Å². The van der Waals surface area contributed by atoms with Crippen LogP contribution < -0.4 is 5.32 Å². The third-order valence-electron chi connectivity index (χ3n) is 5.23. The molecule has 2 heterocycles. The van der Waals surface area contributed by atoms with Crippen molar-refractivity contribution >= 4 is 46.7 Å². The minimum Gasteiger partial charge on any atom is -0.480 e. The van der Waals surface area contributed by atoms with Crippen molar-refractivity contribution < 1.29 is 34.1 Å². The summed E-state index contributed by atoms with van der Waals surface area (Å²) in [6.07, 6.45) is 0. The number of hydrogen-bond donors (Lipinski definition) is 2. The van der Waals surface area contributed by atoms with Gasteiger partial charge < -0.3 is 15.3 Å². The number of nitro benzene ring substituents is 2. The number of carboxylic acids is 1. The first-order valence-corrected chi connectivity index (χ1v) is 9.63. The van der Waals surface area contributed by atoms with Crippen molar-refractivity contribution in [2.45, 2.75) is 42.5 Å². The molecule has 2 amide bonds. The van der Waals surface area contributed by atoms with E-state index in [1.807, 2.05) is 0 Å². The Labute approximate surface area is 178 Å². The summed E-state index contributed by atoms with van der Waals surface area (Å²) in [5.74, 6) is -4.08. The average molecular weight is 452 g/mol. The molecule has 0 bridgehead atoms. The maximum Gasteiger partial charge on any atom is 0.327 e. The minimum atomic E-state index is -2.09. The monoisotopic (exact) mass is 452 g/mol. The first kappa shape index (κ1) is 22.1. The van der Waals surface area contributed by atoms with E-state index >= 15 is 0 Å². The maximum atomic E-state index is 12.9. The molecule has 31 heavy (non-hydrogen) atoms. The van der Waals surface area contributed by atoms with Crippen LogP contribution in [0.4, 0.5) is 11.4 Å². The Balaban J connectivity index is 2.01. The first-order valence-electron chi connectivity index (χ1n) is 8.75. The summed E-state index contributed by atoms with van der Waals surface area (Å²) in [6, 6.07) is 0.991. The number of amides is 2. The second-order valence-corrected chi connectivity index (χ2v) is 9.33. The van der Waals surface area contributed by atoms with Gasteiger partial charge in [-0.05, 0) is 20.8 Å². The molecule has 0 saturated carbocycles. The van der Waals surface area contributed by atoms with Gasteiger partial charge in [-0.25, -0.2) is 4.79 Å². The van der Waals surface area contributed by atoms with Gasteiger partial charge in [0.1, 0.15) is 11.4 Å². The summed E-state index contributed by atoms with van der Waals surface area (Å²) in [5, 5.41) is 32.9. The van der Waals surface area contributed by atoms with E-state index in [0.29, 0.717) is 6.07 Å². The number of carbonyl (C=O) groups is 4. The van der Waals surface area contributed by atoms with E-state index in [1.54, 1.807) is 13.8 Å². The maximum absolute atomic E-state index is 12.9. The van der Waals surface area contributed by atoms with E-state index in [4.69, 9.17) is 0 Å². The second-order valence-electron chi connectivity index (χ2n) is 7.60. The molecule has 0 spiro atoms. The first-order chi connectivity index (χ1) is 14.2. The highest BCUT2D eigenvalue weighted by atomic mass is 32.2. The number of non-ortho nitro benzene ring substituents is 2. The van der Waals surface area contributed by atoms with E-state index in [9.17, 15) is 44.5 Å². The Morgan fingerprint density at radius 3 is 2.06 bits per heavy atom. The van der Waals surface area contributed by atoms with Crippen LogP contribution in [0.3, 0.4) is 0 Å². The number of carbonyl (C=O) groups excluding carboxylic acids is 3. The number of nitro groups is 2. The van der Waals surface area contributed by atoms with Gasteiger partial charge in [0.25, 0.3) is 23.2 Å². The molecule has 1 unspecified atom stereocenters. The van der Waals surface area contributed by atoms with Crippen molar-refractivity contribution in [2.75, 3.05) is 0 Å². The van der Waals surface area contributed by atoms with Crippen LogP contribution in [0.15, 0.2) is 18.2 Å². The summed E-state index contributed by atoms with van der Waals surface area (Å²) in [5.41, 5.74) is -4.03. The largest absolute Gasteiger partial charge is 0.480 e. The van der Waals surface area contributed by atoms with Crippen molar-refractivity contribution in [3.8, 4) is 0 Å². The van der Waals surface area contributed by atoms with Crippen LogP contribution in [-0.4, -0.2) is 65.1 Å². The highest BCUT2D eigenvalue weighted by Gasteiger charge is 2.74. The SMILES string of the molecule is CC(=O)C1(NC(=O)c2cc([N+](=O)[O-])cc([N+](=O)[O-])c2)C(=O)N2[C@@H](C(=O)O)C(C)(C)S[C@@H]21. The number of ketones is 1. The summed E-state index contributed by atoms with van der Waals surface area (Å²) in [7, 11) is 0. The molecule has 0 radical (unpaired) electrons. The van der Waals surface area contributed by atoms with Gasteiger partial charge >= 0.3 is 5.97 Å². The number of thioether (sulfide) groups is 1. The van der Waals surface area contributed by atoms with E-state index < -0.39 is 72.1 Å². The minimum absolute atomic E-state index is 0.496. The number of fused-ring (bicyclic) bond motifs is 1. The Morgan fingerprint density at radius 1 is 1.13 bits per heavy atom.